The Balaban J connectivity index is 1.65. The van der Waals surface area contributed by atoms with Crippen molar-refractivity contribution < 1.29 is 0 Å². The molecular formula is C22H16N2. The van der Waals surface area contributed by atoms with Gasteiger partial charge in [0.15, 0.2) is 0 Å². The third kappa shape index (κ3) is 2.04. The van der Waals surface area contributed by atoms with Gasteiger partial charge in [-0.1, -0.05) is 54.6 Å². The van der Waals surface area contributed by atoms with Crippen LogP contribution in [-0.4, -0.2) is 4.98 Å². The summed E-state index contributed by atoms with van der Waals surface area (Å²) in [6.45, 7) is 0. The minimum absolute atomic E-state index is 1.10. The highest BCUT2D eigenvalue weighted by molar-refractivity contribution is 6.08. The van der Waals surface area contributed by atoms with E-state index in [1.54, 1.807) is 0 Å². The van der Waals surface area contributed by atoms with Gasteiger partial charge in [0.25, 0.3) is 0 Å². The molecule has 4 aromatic carbocycles. The lowest BCUT2D eigenvalue weighted by atomic mass is 10.1. The van der Waals surface area contributed by atoms with Crippen molar-refractivity contribution in [2.45, 2.75) is 0 Å². The second-order valence-corrected chi connectivity index (χ2v) is 6.08. The predicted octanol–water partition coefficient (Wildman–Crippen LogP) is 6.22. The van der Waals surface area contributed by atoms with E-state index in [1.165, 1.54) is 32.6 Å². The molecule has 0 aliphatic rings. The molecule has 2 heteroatoms. The van der Waals surface area contributed by atoms with Crippen LogP contribution in [0.1, 0.15) is 0 Å². The van der Waals surface area contributed by atoms with Crippen molar-refractivity contribution in [3.63, 3.8) is 0 Å². The van der Waals surface area contributed by atoms with E-state index in [1.807, 2.05) is 0 Å². The summed E-state index contributed by atoms with van der Waals surface area (Å²) in [5.74, 6) is 0. The fourth-order valence-corrected chi connectivity index (χ4v) is 3.42. The highest BCUT2D eigenvalue weighted by Gasteiger charge is 2.06. The van der Waals surface area contributed by atoms with Gasteiger partial charge in [-0.05, 0) is 35.7 Å². The van der Waals surface area contributed by atoms with Gasteiger partial charge in [-0.25, -0.2) is 0 Å². The summed E-state index contributed by atoms with van der Waals surface area (Å²) in [6, 6.07) is 29.7. The highest BCUT2D eigenvalue weighted by atomic mass is 14.9. The van der Waals surface area contributed by atoms with E-state index < -0.39 is 0 Å². The molecule has 2 N–H and O–H groups in total. The Kier molecular flexibility index (Phi) is 2.83. The molecule has 0 atom stereocenters. The summed E-state index contributed by atoms with van der Waals surface area (Å²) in [5.41, 5.74) is 4.57. The molecule has 5 rings (SSSR count). The van der Waals surface area contributed by atoms with E-state index >= 15 is 0 Å². The molecule has 0 radical (unpaired) electrons. The fourth-order valence-electron chi connectivity index (χ4n) is 3.42. The maximum absolute atomic E-state index is 3.58. The Morgan fingerprint density at radius 1 is 0.583 bits per heavy atom. The summed E-state index contributed by atoms with van der Waals surface area (Å²) in [4.78, 5) is 3.47. The highest BCUT2D eigenvalue weighted by Crippen LogP contribution is 2.31. The van der Waals surface area contributed by atoms with Gasteiger partial charge in [-0.2, -0.15) is 0 Å². The Bertz CT molecular complexity index is 1180. The van der Waals surface area contributed by atoms with Gasteiger partial charge in [-0.3, -0.25) is 0 Å². The van der Waals surface area contributed by atoms with Crippen LogP contribution < -0.4 is 5.32 Å². The van der Waals surface area contributed by atoms with Crippen molar-refractivity contribution in [2.24, 2.45) is 0 Å². The minimum Gasteiger partial charge on any atom is -0.355 e. The number of hydrogen-bond donors (Lipinski definition) is 2. The number of fused-ring (bicyclic) bond motifs is 4. The molecule has 1 aromatic heterocycles. The molecule has 0 spiro atoms. The normalized spacial score (nSPS) is 11.3. The predicted molar refractivity (Wildman–Crippen MR) is 103 cm³/mol. The molecule has 0 bridgehead atoms. The van der Waals surface area contributed by atoms with E-state index in [0.29, 0.717) is 0 Å². The molecule has 5 aromatic rings. The van der Waals surface area contributed by atoms with Gasteiger partial charge < -0.3 is 10.3 Å². The van der Waals surface area contributed by atoms with E-state index in [4.69, 9.17) is 0 Å². The van der Waals surface area contributed by atoms with Crippen LogP contribution in [0.3, 0.4) is 0 Å². The topological polar surface area (TPSA) is 27.8 Å². The lowest BCUT2D eigenvalue weighted by molar-refractivity contribution is 1.54. The quantitative estimate of drug-likeness (QED) is 0.398. The average Bonchev–Trinajstić information content (AvgIpc) is 3.00. The number of aromatic amines is 1. The Morgan fingerprint density at radius 3 is 2.29 bits per heavy atom. The Morgan fingerprint density at radius 2 is 1.33 bits per heavy atom. The van der Waals surface area contributed by atoms with Crippen LogP contribution in [0.15, 0.2) is 84.9 Å². The van der Waals surface area contributed by atoms with Gasteiger partial charge in [0.2, 0.25) is 0 Å². The zero-order valence-corrected chi connectivity index (χ0v) is 13.1. The number of rotatable bonds is 2. The van der Waals surface area contributed by atoms with Crippen molar-refractivity contribution in [3.05, 3.63) is 84.9 Å². The summed E-state index contributed by atoms with van der Waals surface area (Å²) in [6.07, 6.45) is 0. The number of anilines is 2. The first-order valence-electron chi connectivity index (χ1n) is 8.14. The van der Waals surface area contributed by atoms with Crippen LogP contribution in [0.5, 0.6) is 0 Å². The summed E-state index contributed by atoms with van der Waals surface area (Å²) in [7, 11) is 0. The van der Waals surface area contributed by atoms with Gasteiger partial charge in [-0.15, -0.1) is 0 Å². The lowest BCUT2D eigenvalue weighted by Gasteiger charge is -2.10. The van der Waals surface area contributed by atoms with Crippen LogP contribution >= 0.6 is 0 Å². The number of benzene rings is 4. The maximum Gasteiger partial charge on any atom is 0.0466 e. The Labute approximate surface area is 139 Å². The summed E-state index contributed by atoms with van der Waals surface area (Å²) in [5, 5.41) is 8.57. The van der Waals surface area contributed by atoms with Gasteiger partial charge in [0.1, 0.15) is 0 Å². The van der Waals surface area contributed by atoms with Crippen molar-refractivity contribution in [1.29, 1.82) is 0 Å². The smallest absolute Gasteiger partial charge is 0.0466 e. The monoisotopic (exact) mass is 308 g/mol. The van der Waals surface area contributed by atoms with Gasteiger partial charge in [0, 0.05) is 38.6 Å². The largest absolute Gasteiger partial charge is 0.355 e. The summed E-state index contributed by atoms with van der Waals surface area (Å²) >= 11 is 0. The SMILES string of the molecule is c1ccc2c(Nc3ccc4[nH]c5ccccc5c4c3)cccc2c1. The molecule has 0 saturated carbocycles. The molecule has 0 unspecified atom stereocenters. The first-order valence-corrected chi connectivity index (χ1v) is 8.14. The molecule has 0 aliphatic heterocycles. The molecule has 114 valence electrons. The van der Waals surface area contributed by atoms with Crippen molar-refractivity contribution in [3.8, 4) is 0 Å². The van der Waals surface area contributed by atoms with Crippen LogP contribution in [-0.2, 0) is 0 Å². The standard InChI is InChI=1S/C22H16N2/c1-2-8-17-15(6-1)7-5-11-20(17)23-16-12-13-22-19(14-16)18-9-3-4-10-21(18)24-22/h1-14,23-24H. The van der Waals surface area contributed by atoms with Crippen molar-refractivity contribution >= 4 is 44.0 Å². The maximum atomic E-state index is 3.58. The molecule has 0 aliphatic carbocycles. The molecule has 1 heterocycles. The number of para-hydroxylation sites is 1. The van der Waals surface area contributed by atoms with E-state index in [-0.39, 0.29) is 0 Å². The fraction of sp³-hybridized carbons (Fsp3) is 0. The molecule has 0 fully saturated rings. The number of aromatic nitrogens is 1. The third-order valence-electron chi connectivity index (χ3n) is 4.57. The van der Waals surface area contributed by atoms with Gasteiger partial charge >= 0.3 is 0 Å². The Hall–Kier alpha value is -3.26. The third-order valence-corrected chi connectivity index (χ3v) is 4.57. The zero-order chi connectivity index (χ0) is 15.9. The first-order chi connectivity index (χ1) is 11.9. The average molecular weight is 308 g/mol. The van der Waals surface area contributed by atoms with Crippen molar-refractivity contribution in [1.82, 2.24) is 4.98 Å². The molecule has 24 heavy (non-hydrogen) atoms. The number of H-pyrrole nitrogens is 1. The first kappa shape index (κ1) is 13.2. The molecule has 0 amide bonds. The van der Waals surface area contributed by atoms with E-state index in [0.717, 1.165) is 11.4 Å². The van der Waals surface area contributed by atoms with Crippen LogP contribution in [0, 0.1) is 0 Å². The van der Waals surface area contributed by atoms with E-state index in [9.17, 15) is 0 Å². The van der Waals surface area contributed by atoms with Gasteiger partial charge in [0.05, 0.1) is 0 Å². The lowest BCUT2D eigenvalue weighted by Crippen LogP contribution is -1.91. The number of nitrogens with one attached hydrogen (secondary N) is 2. The zero-order valence-electron chi connectivity index (χ0n) is 13.1. The summed E-state index contributed by atoms with van der Waals surface area (Å²) < 4.78 is 0. The van der Waals surface area contributed by atoms with Crippen LogP contribution in [0.2, 0.25) is 0 Å². The second kappa shape index (κ2) is 5.14. The molecule has 0 saturated heterocycles. The second-order valence-electron chi connectivity index (χ2n) is 6.08. The minimum atomic E-state index is 1.10. The molecular weight excluding hydrogens is 292 g/mol. The van der Waals surface area contributed by atoms with E-state index in [2.05, 4.69) is 95.2 Å². The van der Waals surface area contributed by atoms with Crippen molar-refractivity contribution in [2.75, 3.05) is 5.32 Å². The molecule has 2 nitrogen and oxygen atoms in total. The number of hydrogen-bond acceptors (Lipinski definition) is 1. The van der Waals surface area contributed by atoms with Crippen LogP contribution in [0.25, 0.3) is 32.6 Å². The van der Waals surface area contributed by atoms with Crippen LogP contribution in [0.4, 0.5) is 11.4 Å².